The van der Waals surface area contributed by atoms with Crippen molar-refractivity contribution >= 4 is 41.7 Å². The zero-order valence-corrected chi connectivity index (χ0v) is 18.1. The van der Waals surface area contributed by atoms with Crippen LogP contribution < -0.4 is 10.6 Å². The molecule has 2 heterocycles. The maximum Gasteiger partial charge on any atom is 0.227 e. The van der Waals surface area contributed by atoms with Crippen molar-refractivity contribution < 1.29 is 4.79 Å². The van der Waals surface area contributed by atoms with Crippen LogP contribution in [0.2, 0.25) is 0 Å². The van der Waals surface area contributed by atoms with Gasteiger partial charge in [0.1, 0.15) is 5.82 Å². The largest absolute Gasteiger partial charge is 0.356 e. The molecule has 0 atom stereocenters. The summed E-state index contributed by atoms with van der Waals surface area (Å²) in [5.41, 5.74) is 3.63. The third-order valence-corrected chi connectivity index (χ3v) is 4.43. The van der Waals surface area contributed by atoms with Crippen LogP contribution in [0.4, 0.5) is 5.82 Å². The number of guanidine groups is 1. The van der Waals surface area contributed by atoms with Crippen molar-refractivity contribution in [3.63, 3.8) is 0 Å². The molecule has 2 N–H and O–H groups in total. The molecule has 144 valence electrons. The lowest BCUT2D eigenvalue weighted by Crippen LogP contribution is -2.44. The minimum atomic E-state index is -0.0601. The quantitative estimate of drug-likeness (QED) is 0.402. The van der Waals surface area contributed by atoms with Gasteiger partial charge in [-0.2, -0.15) is 0 Å². The summed E-state index contributed by atoms with van der Waals surface area (Å²) in [5, 5.41) is 6.12. The zero-order chi connectivity index (χ0) is 18.4. The number of benzene rings is 1. The van der Waals surface area contributed by atoms with Crippen LogP contribution in [0.3, 0.4) is 0 Å². The van der Waals surface area contributed by atoms with Gasteiger partial charge in [0, 0.05) is 38.8 Å². The lowest BCUT2D eigenvalue weighted by molar-refractivity contribution is -0.116. The number of nitrogens with one attached hydrogen (secondary N) is 2. The Morgan fingerprint density at radius 1 is 1.19 bits per heavy atom. The van der Waals surface area contributed by atoms with Gasteiger partial charge in [-0.3, -0.25) is 9.79 Å². The molecule has 0 saturated carbocycles. The fourth-order valence-electron chi connectivity index (χ4n) is 3.11. The number of halogens is 1. The predicted molar refractivity (Wildman–Crippen MR) is 120 cm³/mol. The van der Waals surface area contributed by atoms with Gasteiger partial charge in [0.2, 0.25) is 5.91 Å². The van der Waals surface area contributed by atoms with Crippen molar-refractivity contribution in [2.24, 2.45) is 4.99 Å². The summed E-state index contributed by atoms with van der Waals surface area (Å²) in [6.07, 6.45) is 1.37. The van der Waals surface area contributed by atoms with E-state index in [2.05, 4.69) is 49.8 Å². The first kappa shape index (κ1) is 21.1. The van der Waals surface area contributed by atoms with Crippen LogP contribution in [0.1, 0.15) is 23.2 Å². The summed E-state index contributed by atoms with van der Waals surface area (Å²) in [6.45, 7) is 4.20. The molecule has 0 unspecified atom stereocenters. The first-order chi connectivity index (χ1) is 12.7. The molecule has 0 saturated heterocycles. The minimum Gasteiger partial charge on any atom is -0.356 e. The topological polar surface area (TPSA) is 69.6 Å². The molecule has 7 heteroatoms. The average molecular weight is 479 g/mol. The van der Waals surface area contributed by atoms with Crippen molar-refractivity contribution in [2.45, 2.75) is 26.3 Å². The van der Waals surface area contributed by atoms with E-state index in [4.69, 9.17) is 0 Å². The predicted octanol–water partition coefficient (Wildman–Crippen LogP) is 2.97. The van der Waals surface area contributed by atoms with Gasteiger partial charge in [-0.05, 0) is 36.6 Å². The van der Waals surface area contributed by atoms with Crippen LogP contribution >= 0.6 is 24.0 Å². The zero-order valence-electron chi connectivity index (χ0n) is 15.7. The molecule has 27 heavy (non-hydrogen) atoms. The fraction of sp³-hybridized carbons (Fsp3) is 0.350. The summed E-state index contributed by atoms with van der Waals surface area (Å²) < 4.78 is 0. The van der Waals surface area contributed by atoms with E-state index in [0.717, 1.165) is 31.2 Å². The Hall–Kier alpha value is -2.16. The van der Waals surface area contributed by atoms with E-state index in [1.807, 2.05) is 19.1 Å². The second-order valence-corrected chi connectivity index (χ2v) is 6.38. The Kier molecular flexibility index (Phi) is 8.02. The Bertz CT molecular complexity index is 808. The lowest BCUT2D eigenvalue weighted by Gasteiger charge is -2.31. The third-order valence-electron chi connectivity index (χ3n) is 4.43. The summed E-state index contributed by atoms with van der Waals surface area (Å²) in [6, 6.07) is 14.1. The summed E-state index contributed by atoms with van der Waals surface area (Å²) in [4.78, 5) is 23.0. The molecule has 1 aliphatic heterocycles. The number of hydrogen-bond donors (Lipinski definition) is 2. The molecule has 0 bridgehead atoms. The molecule has 0 radical (unpaired) electrons. The number of anilines is 1. The Balaban J connectivity index is 0.00000261. The first-order valence-corrected chi connectivity index (χ1v) is 8.91. The second-order valence-electron chi connectivity index (χ2n) is 6.38. The smallest absolute Gasteiger partial charge is 0.227 e. The molecule has 3 rings (SSSR count). The average Bonchev–Trinajstić information content (AvgIpc) is 2.65. The highest BCUT2D eigenvalue weighted by Crippen LogP contribution is 2.18. The van der Waals surface area contributed by atoms with Gasteiger partial charge in [0.25, 0.3) is 0 Å². The molecular formula is C20H26IN5O. The number of fused-ring (bicyclic) bond motifs is 1. The summed E-state index contributed by atoms with van der Waals surface area (Å²) in [7, 11) is 1.78. The Morgan fingerprint density at radius 2 is 1.96 bits per heavy atom. The van der Waals surface area contributed by atoms with Crippen LogP contribution in [-0.2, 0) is 17.8 Å². The second kappa shape index (κ2) is 10.2. The van der Waals surface area contributed by atoms with Crippen LogP contribution in [0, 0.1) is 6.92 Å². The number of aromatic nitrogens is 1. The SMILES string of the molecule is CN=C(NCCC(=O)Nc1cccc(C)n1)N1CCc2ccccc2C1.I. The minimum absolute atomic E-state index is 0. The highest BCUT2D eigenvalue weighted by atomic mass is 127. The van der Waals surface area contributed by atoms with Crippen molar-refractivity contribution in [3.8, 4) is 0 Å². The van der Waals surface area contributed by atoms with E-state index < -0.39 is 0 Å². The number of aryl methyl sites for hydroxylation is 1. The van der Waals surface area contributed by atoms with Gasteiger partial charge in [0.15, 0.2) is 5.96 Å². The molecule has 0 fully saturated rings. The van der Waals surface area contributed by atoms with E-state index in [1.54, 1.807) is 13.1 Å². The number of carbonyl (C=O) groups is 1. The molecule has 2 aromatic rings. The standard InChI is InChI=1S/C20H25N5O.HI/c1-15-6-5-9-18(23-15)24-19(26)10-12-22-20(21-2)25-13-11-16-7-3-4-8-17(16)14-25;/h3-9H,10-14H2,1-2H3,(H,21,22)(H,23,24,26);1H. The first-order valence-electron chi connectivity index (χ1n) is 8.91. The number of rotatable bonds is 4. The van der Waals surface area contributed by atoms with Gasteiger partial charge < -0.3 is 15.5 Å². The fourth-order valence-corrected chi connectivity index (χ4v) is 3.11. The maximum atomic E-state index is 12.1. The monoisotopic (exact) mass is 479 g/mol. The third kappa shape index (κ3) is 5.92. The van der Waals surface area contributed by atoms with Gasteiger partial charge in [-0.1, -0.05) is 30.3 Å². The number of carbonyl (C=O) groups excluding carboxylic acids is 1. The molecule has 0 spiro atoms. The van der Waals surface area contributed by atoms with E-state index in [1.165, 1.54) is 11.1 Å². The van der Waals surface area contributed by atoms with E-state index in [-0.39, 0.29) is 29.9 Å². The lowest BCUT2D eigenvalue weighted by atomic mass is 10.0. The number of pyridine rings is 1. The maximum absolute atomic E-state index is 12.1. The van der Waals surface area contributed by atoms with Crippen LogP contribution in [0.25, 0.3) is 0 Å². The van der Waals surface area contributed by atoms with E-state index in [0.29, 0.717) is 18.8 Å². The molecule has 0 aliphatic carbocycles. The van der Waals surface area contributed by atoms with Gasteiger partial charge in [-0.15, -0.1) is 24.0 Å². The number of hydrogen-bond acceptors (Lipinski definition) is 3. The molecule has 1 aliphatic rings. The van der Waals surface area contributed by atoms with Gasteiger partial charge in [0.05, 0.1) is 0 Å². The molecule has 1 aromatic heterocycles. The highest BCUT2D eigenvalue weighted by Gasteiger charge is 2.18. The van der Waals surface area contributed by atoms with Gasteiger partial charge >= 0.3 is 0 Å². The van der Waals surface area contributed by atoms with Crippen molar-refractivity contribution in [3.05, 3.63) is 59.3 Å². The number of aliphatic imine (C=N–C) groups is 1. The van der Waals surface area contributed by atoms with Crippen molar-refractivity contribution in [1.29, 1.82) is 0 Å². The van der Waals surface area contributed by atoms with Crippen LogP contribution in [0.5, 0.6) is 0 Å². The Morgan fingerprint density at radius 3 is 2.70 bits per heavy atom. The van der Waals surface area contributed by atoms with Gasteiger partial charge in [-0.25, -0.2) is 4.98 Å². The highest BCUT2D eigenvalue weighted by molar-refractivity contribution is 14.0. The van der Waals surface area contributed by atoms with E-state index in [9.17, 15) is 4.79 Å². The molecule has 1 amide bonds. The summed E-state index contributed by atoms with van der Waals surface area (Å²) in [5.74, 6) is 1.36. The van der Waals surface area contributed by atoms with Crippen LogP contribution in [0.15, 0.2) is 47.5 Å². The number of nitrogens with zero attached hydrogens (tertiary/aromatic N) is 3. The number of amides is 1. The normalized spacial score (nSPS) is 13.4. The van der Waals surface area contributed by atoms with Crippen LogP contribution in [-0.4, -0.2) is 41.9 Å². The summed E-state index contributed by atoms with van der Waals surface area (Å²) >= 11 is 0. The van der Waals surface area contributed by atoms with Crippen molar-refractivity contribution in [1.82, 2.24) is 15.2 Å². The molecular weight excluding hydrogens is 453 g/mol. The Labute approximate surface area is 177 Å². The van der Waals surface area contributed by atoms with Crippen molar-refractivity contribution in [2.75, 3.05) is 25.5 Å². The molecule has 1 aromatic carbocycles. The molecule has 6 nitrogen and oxygen atoms in total. The van der Waals surface area contributed by atoms with E-state index >= 15 is 0 Å².